The molecule has 2 amide bonds. The van der Waals surface area contributed by atoms with E-state index in [-0.39, 0.29) is 11.5 Å². The number of ether oxygens (including phenoxy) is 2. The molecule has 0 unspecified atom stereocenters. The van der Waals surface area contributed by atoms with Gasteiger partial charge in [-0.15, -0.1) is 0 Å². The number of amides is 2. The van der Waals surface area contributed by atoms with Crippen molar-refractivity contribution in [3.8, 4) is 11.5 Å². The summed E-state index contributed by atoms with van der Waals surface area (Å²) in [5.41, 5.74) is 1.18. The van der Waals surface area contributed by atoms with Crippen LogP contribution in [0.2, 0.25) is 5.02 Å². The van der Waals surface area contributed by atoms with Crippen molar-refractivity contribution < 1.29 is 19.1 Å². The van der Waals surface area contributed by atoms with E-state index in [0.717, 1.165) is 38.9 Å². The summed E-state index contributed by atoms with van der Waals surface area (Å²) in [4.78, 5) is 28.0. The van der Waals surface area contributed by atoms with Gasteiger partial charge in [0.15, 0.2) is 11.5 Å². The highest BCUT2D eigenvalue weighted by Crippen LogP contribution is 2.34. The van der Waals surface area contributed by atoms with Crippen LogP contribution in [0.25, 0.3) is 0 Å². The summed E-state index contributed by atoms with van der Waals surface area (Å²) in [5.74, 6) is 0.268. The Morgan fingerprint density at radius 3 is 2.27 bits per heavy atom. The van der Waals surface area contributed by atoms with E-state index < -0.39 is 5.91 Å². The Kier molecular flexibility index (Phi) is 11.0. The Morgan fingerprint density at radius 2 is 1.64 bits per heavy atom. The fourth-order valence-electron chi connectivity index (χ4n) is 3.49. The van der Waals surface area contributed by atoms with Gasteiger partial charge in [0.25, 0.3) is 5.91 Å². The lowest BCUT2D eigenvalue weighted by Gasteiger charge is -2.17. The maximum Gasteiger partial charge on any atom is 0.257 e. The van der Waals surface area contributed by atoms with Crippen LogP contribution in [0.4, 0.5) is 11.4 Å². The lowest BCUT2D eigenvalue weighted by Crippen LogP contribution is -2.24. The molecule has 33 heavy (non-hydrogen) atoms. The van der Waals surface area contributed by atoms with Gasteiger partial charge in [0.1, 0.15) is 0 Å². The molecule has 0 aliphatic rings. The topological polar surface area (TPSA) is 79.9 Å². The third-order valence-corrected chi connectivity index (χ3v) is 5.63. The third-order valence-electron chi connectivity index (χ3n) is 5.40. The third kappa shape index (κ3) is 8.26. The fraction of sp³-hybridized carbons (Fsp3) is 0.440. The maximum absolute atomic E-state index is 13.0. The monoisotopic (exact) mass is 475 g/mol. The van der Waals surface area contributed by atoms with E-state index in [1.807, 2.05) is 0 Å². The number of nitrogens with one attached hydrogen (secondary N) is 2. The van der Waals surface area contributed by atoms with E-state index >= 15 is 0 Å². The van der Waals surface area contributed by atoms with Crippen LogP contribution in [-0.4, -0.2) is 50.6 Å². The molecule has 2 aromatic carbocycles. The molecular weight excluding hydrogens is 442 g/mol. The molecule has 0 heterocycles. The number of hydrogen-bond donors (Lipinski definition) is 2. The van der Waals surface area contributed by atoms with Gasteiger partial charge >= 0.3 is 0 Å². The number of nitrogens with zero attached hydrogens (tertiary/aromatic N) is 1. The zero-order chi connectivity index (χ0) is 24.2. The number of rotatable bonds is 13. The summed E-state index contributed by atoms with van der Waals surface area (Å²) in [6, 6.07) is 10.0. The molecule has 2 aromatic rings. The van der Waals surface area contributed by atoms with Crippen molar-refractivity contribution in [3.63, 3.8) is 0 Å². The summed E-state index contributed by atoms with van der Waals surface area (Å²) in [7, 11) is 3.00. The minimum Gasteiger partial charge on any atom is -0.493 e. The van der Waals surface area contributed by atoms with Crippen molar-refractivity contribution in [2.75, 3.05) is 44.5 Å². The molecule has 2 N–H and O–H groups in total. The molecule has 180 valence electrons. The summed E-state index contributed by atoms with van der Waals surface area (Å²) in [5, 5.41) is 6.18. The van der Waals surface area contributed by atoms with Crippen LogP contribution in [0.3, 0.4) is 0 Å². The Bertz CT molecular complexity index is 932. The van der Waals surface area contributed by atoms with Crippen LogP contribution >= 0.6 is 11.6 Å². The highest BCUT2D eigenvalue weighted by molar-refractivity contribution is 6.31. The molecule has 0 fully saturated rings. The Balaban J connectivity index is 2.09. The number of methoxy groups -OCH3 is 2. The Hall–Kier alpha value is -2.77. The quantitative estimate of drug-likeness (QED) is 0.376. The van der Waals surface area contributed by atoms with Crippen LogP contribution in [0.15, 0.2) is 36.4 Å². The number of halogens is 1. The van der Waals surface area contributed by atoms with Gasteiger partial charge in [-0.25, -0.2) is 0 Å². The molecule has 0 radical (unpaired) electrons. The second-order valence-electron chi connectivity index (χ2n) is 7.60. The number of benzene rings is 2. The van der Waals surface area contributed by atoms with Crippen LogP contribution in [0.5, 0.6) is 11.5 Å². The van der Waals surface area contributed by atoms with Gasteiger partial charge < -0.3 is 25.0 Å². The van der Waals surface area contributed by atoms with E-state index in [1.54, 1.807) is 36.4 Å². The van der Waals surface area contributed by atoms with Gasteiger partial charge in [0.05, 0.1) is 25.5 Å². The van der Waals surface area contributed by atoms with Crippen LogP contribution in [-0.2, 0) is 4.79 Å². The van der Waals surface area contributed by atoms with Crippen molar-refractivity contribution in [3.05, 3.63) is 47.0 Å². The molecule has 0 aliphatic heterocycles. The van der Waals surface area contributed by atoms with Gasteiger partial charge in [-0.2, -0.15) is 0 Å². The van der Waals surface area contributed by atoms with Gasteiger partial charge in [-0.1, -0.05) is 37.9 Å². The van der Waals surface area contributed by atoms with E-state index in [2.05, 4.69) is 29.4 Å². The van der Waals surface area contributed by atoms with Crippen LogP contribution in [0.1, 0.15) is 49.9 Å². The highest BCUT2D eigenvalue weighted by atomic mass is 35.5. The largest absolute Gasteiger partial charge is 0.493 e. The highest BCUT2D eigenvalue weighted by Gasteiger charge is 2.19. The number of hydrogen-bond acceptors (Lipinski definition) is 5. The van der Waals surface area contributed by atoms with Crippen molar-refractivity contribution >= 4 is 34.8 Å². The molecule has 7 nitrogen and oxygen atoms in total. The molecule has 0 aliphatic carbocycles. The molecule has 0 saturated heterocycles. The minimum atomic E-state index is -0.396. The van der Waals surface area contributed by atoms with Crippen molar-refractivity contribution in [2.45, 2.75) is 39.5 Å². The SMILES string of the molecule is CCN(CC)CCCCCC(=O)Nc1cc(OC)c(OC)cc1C(=O)Nc1cccc(Cl)c1. The normalized spacial score (nSPS) is 10.7. The predicted molar refractivity (Wildman–Crippen MR) is 134 cm³/mol. The smallest absolute Gasteiger partial charge is 0.257 e. The van der Waals surface area contributed by atoms with E-state index in [0.29, 0.717) is 34.3 Å². The van der Waals surface area contributed by atoms with E-state index in [1.165, 1.54) is 14.2 Å². The van der Waals surface area contributed by atoms with Gasteiger partial charge in [0.2, 0.25) is 5.91 Å². The summed E-state index contributed by atoms with van der Waals surface area (Å²) in [6.07, 6.45) is 3.18. The summed E-state index contributed by atoms with van der Waals surface area (Å²) in [6.45, 7) is 7.42. The number of carbonyl (C=O) groups is 2. The van der Waals surface area contributed by atoms with Gasteiger partial charge in [0, 0.05) is 23.2 Å². The fourth-order valence-corrected chi connectivity index (χ4v) is 3.68. The van der Waals surface area contributed by atoms with E-state index in [4.69, 9.17) is 21.1 Å². The second kappa shape index (κ2) is 13.7. The first kappa shape index (κ1) is 26.5. The second-order valence-corrected chi connectivity index (χ2v) is 8.04. The standard InChI is InChI=1S/C25H34ClN3O4/c1-5-29(6-2)14-9-7-8-13-24(30)28-21-17-23(33-4)22(32-3)16-20(21)25(31)27-19-12-10-11-18(26)15-19/h10-12,15-17H,5-9,13-14H2,1-4H3,(H,27,31)(H,28,30). The molecule has 2 rings (SSSR count). The average Bonchev–Trinajstić information content (AvgIpc) is 2.81. The van der Waals surface area contributed by atoms with Crippen molar-refractivity contribution in [1.82, 2.24) is 4.90 Å². The van der Waals surface area contributed by atoms with Gasteiger partial charge in [-0.3, -0.25) is 9.59 Å². The number of anilines is 2. The Labute approximate surface area is 201 Å². The first-order valence-electron chi connectivity index (χ1n) is 11.3. The first-order chi connectivity index (χ1) is 15.9. The zero-order valence-corrected chi connectivity index (χ0v) is 20.6. The van der Waals surface area contributed by atoms with Gasteiger partial charge in [-0.05, 0) is 56.7 Å². The minimum absolute atomic E-state index is 0.151. The molecule has 0 aromatic heterocycles. The molecule has 8 heteroatoms. The summed E-state index contributed by atoms with van der Waals surface area (Å²) >= 11 is 6.02. The first-order valence-corrected chi connectivity index (χ1v) is 11.6. The Morgan fingerprint density at radius 1 is 0.939 bits per heavy atom. The lowest BCUT2D eigenvalue weighted by atomic mass is 10.1. The van der Waals surface area contributed by atoms with Crippen molar-refractivity contribution in [1.29, 1.82) is 0 Å². The zero-order valence-electron chi connectivity index (χ0n) is 19.9. The van der Waals surface area contributed by atoms with E-state index in [9.17, 15) is 9.59 Å². The van der Waals surface area contributed by atoms with Crippen LogP contribution < -0.4 is 20.1 Å². The number of unbranched alkanes of at least 4 members (excludes halogenated alkanes) is 2. The van der Waals surface area contributed by atoms with Crippen LogP contribution in [0, 0.1) is 0 Å². The molecule has 0 saturated carbocycles. The maximum atomic E-state index is 13.0. The van der Waals surface area contributed by atoms with Crippen molar-refractivity contribution in [2.24, 2.45) is 0 Å². The number of carbonyl (C=O) groups excluding carboxylic acids is 2. The average molecular weight is 476 g/mol. The predicted octanol–water partition coefficient (Wildman–Crippen LogP) is 5.45. The molecular formula is C25H34ClN3O4. The molecule has 0 spiro atoms. The molecule has 0 bridgehead atoms. The molecule has 0 atom stereocenters. The summed E-state index contributed by atoms with van der Waals surface area (Å²) < 4.78 is 10.7. The lowest BCUT2D eigenvalue weighted by molar-refractivity contribution is -0.116.